The molecule has 462 valence electrons. The predicted octanol–water partition coefficient (Wildman–Crippen LogP) is 11.4. The topological polar surface area (TPSA) is 278 Å². The molecule has 0 bridgehead atoms. The van der Waals surface area contributed by atoms with Gasteiger partial charge in [0, 0.05) is 83.7 Å². The molecule has 1 heterocycles. The van der Waals surface area contributed by atoms with E-state index < -0.39 is 95.2 Å². The normalized spacial score (nSPS) is 16.6. The number of carbonyl (C=O) groups is 8. The number of hydrogen-bond donors (Lipinski definition) is 0. The Bertz CT molecular complexity index is 2310. The number of epoxide rings is 1. The summed E-state index contributed by atoms with van der Waals surface area (Å²) in [6.07, 6.45) is 1.97. The lowest BCUT2D eigenvalue weighted by Crippen LogP contribution is -2.35. The van der Waals surface area contributed by atoms with Gasteiger partial charge in [0.25, 0.3) is 24.4 Å². The van der Waals surface area contributed by atoms with Gasteiger partial charge in [0.05, 0.1) is 52.6 Å². The van der Waals surface area contributed by atoms with Gasteiger partial charge in [-0.15, -0.1) is 11.8 Å². The van der Waals surface area contributed by atoms with Crippen molar-refractivity contribution in [2.45, 2.75) is 98.5 Å². The maximum absolute atomic E-state index is 13.0. The lowest BCUT2D eigenvalue weighted by atomic mass is 9.76. The Morgan fingerprint density at radius 3 is 1.66 bits per heavy atom. The molecule has 1 saturated heterocycles. The standard InChI is InChI=1S/C18H30FN5O5P2.C16H28FNO6P2.C16H22FNO3P2S2/c1-13(17(27)29-31(19)30)10-14(16(26)24(3)4)11-18(2,12-20)7-6-15(25)28-9-5-8-22-23-21;1-5-11(16(21)23-9-13-8-22-13)7-12(14(19)18(3)4)6-10(2)15(20)24-26(17)25;1-11(15(20)21-23(17)22)9-13(14(19)18(2)3)10-25-16(24)12-7-5-4-6-8-12/h13-14H,5-11,30H2,1-4H3;10-13H,5-9,25H2,1-4H3;4-8,11,13H,9-10,22H2,1-3H3. The van der Waals surface area contributed by atoms with Crippen molar-refractivity contribution in [2.24, 2.45) is 52.0 Å². The van der Waals surface area contributed by atoms with Gasteiger partial charge >= 0.3 is 29.8 Å². The van der Waals surface area contributed by atoms with E-state index in [0.717, 1.165) is 5.56 Å². The fourth-order valence-corrected chi connectivity index (χ4v) is 10.9. The van der Waals surface area contributed by atoms with Crippen LogP contribution in [0.2, 0.25) is 0 Å². The van der Waals surface area contributed by atoms with Gasteiger partial charge in [-0.25, -0.2) is 0 Å². The fourth-order valence-electron chi connectivity index (χ4n) is 7.63. The molecule has 2 rings (SSSR count). The molecule has 3 amide bonds. The zero-order valence-corrected chi connectivity index (χ0v) is 56.1. The highest BCUT2D eigenvalue weighted by atomic mass is 32.2. The number of amides is 3. The quantitative estimate of drug-likeness (QED) is 0.00924. The molecule has 0 N–H and O–H groups in total. The molecule has 1 fully saturated rings. The van der Waals surface area contributed by atoms with Crippen LogP contribution < -0.4 is 0 Å². The molecule has 0 aromatic heterocycles. The maximum Gasteiger partial charge on any atom is 0.313 e. The molecule has 1 aliphatic rings. The van der Waals surface area contributed by atoms with E-state index in [4.69, 9.17) is 32.0 Å². The first-order chi connectivity index (χ1) is 38.3. The molecular weight excluding hydrogens is 1230 g/mol. The van der Waals surface area contributed by atoms with Gasteiger partial charge in [0.2, 0.25) is 17.7 Å². The zero-order valence-electron chi connectivity index (χ0n) is 48.3. The van der Waals surface area contributed by atoms with E-state index in [1.165, 1.54) is 26.5 Å². The second-order valence-electron chi connectivity index (χ2n) is 20.0. The van der Waals surface area contributed by atoms with Gasteiger partial charge in [-0.3, -0.25) is 38.4 Å². The van der Waals surface area contributed by atoms with Crippen molar-refractivity contribution in [1.29, 1.82) is 5.26 Å². The van der Waals surface area contributed by atoms with Crippen LogP contribution in [-0.2, 0) is 66.1 Å². The molecule has 0 spiro atoms. The van der Waals surface area contributed by atoms with Crippen molar-refractivity contribution >= 4 is 127 Å². The molecule has 0 saturated carbocycles. The van der Waals surface area contributed by atoms with Crippen LogP contribution >= 0.6 is 75.2 Å². The molecule has 1 aromatic carbocycles. The van der Waals surface area contributed by atoms with Gasteiger partial charge in [0.1, 0.15) is 12.7 Å². The molecule has 1 aliphatic heterocycles. The number of nitrogens with zero attached hydrogens (tertiary/aromatic N) is 7. The third-order valence-corrected chi connectivity index (χ3v) is 15.9. The van der Waals surface area contributed by atoms with E-state index in [1.54, 1.807) is 87.8 Å². The van der Waals surface area contributed by atoms with Crippen molar-refractivity contribution < 1.29 is 78.7 Å². The summed E-state index contributed by atoms with van der Waals surface area (Å²) in [6, 6.07) is 11.7. The van der Waals surface area contributed by atoms with Crippen LogP contribution in [0.25, 0.3) is 10.4 Å². The molecule has 32 heteroatoms. The number of benzene rings is 1. The highest BCUT2D eigenvalue weighted by Gasteiger charge is 2.37. The number of carbonyl (C=O) groups excluding carboxylic acids is 8. The van der Waals surface area contributed by atoms with E-state index in [-0.39, 0.29) is 94.5 Å². The summed E-state index contributed by atoms with van der Waals surface area (Å²) in [5.41, 5.74) is 8.11. The minimum Gasteiger partial charge on any atom is -0.466 e. The molecule has 1 aromatic rings. The summed E-state index contributed by atoms with van der Waals surface area (Å²) in [5, 5.41) is 13.0. The maximum atomic E-state index is 13.0. The third kappa shape index (κ3) is 34.5. The van der Waals surface area contributed by atoms with E-state index in [1.807, 2.05) is 46.2 Å². The molecule has 15 atom stereocenters. The number of halogens is 3. The molecule has 15 unspecified atom stereocenters. The number of ether oxygens (including phenoxy) is 3. The van der Waals surface area contributed by atoms with Crippen LogP contribution in [0, 0.1) is 58.2 Å². The van der Waals surface area contributed by atoms with E-state index in [2.05, 4.69) is 29.7 Å². The Labute approximate surface area is 500 Å². The molecule has 0 aliphatic carbocycles. The minimum atomic E-state index is -2.43. The molecule has 21 nitrogen and oxygen atoms in total. The summed E-state index contributed by atoms with van der Waals surface area (Å²) >= 11 is 6.82. The van der Waals surface area contributed by atoms with Crippen LogP contribution in [-0.4, -0.2) is 147 Å². The second kappa shape index (κ2) is 42.4. The van der Waals surface area contributed by atoms with Gasteiger partial charge < -0.3 is 42.5 Å². The minimum absolute atomic E-state index is 0.0204. The van der Waals surface area contributed by atoms with Gasteiger partial charge in [-0.2, -0.15) is 17.9 Å². The van der Waals surface area contributed by atoms with Gasteiger partial charge in [0.15, 0.2) is 0 Å². The smallest absolute Gasteiger partial charge is 0.313 e. The Balaban J connectivity index is 0.00000121. The first-order valence-electron chi connectivity index (χ1n) is 25.8. The zero-order chi connectivity index (χ0) is 62.9. The average molecular weight is 1310 g/mol. The third-order valence-electron chi connectivity index (χ3n) is 12.2. The highest BCUT2D eigenvalue weighted by molar-refractivity contribution is 8.23. The largest absolute Gasteiger partial charge is 0.466 e. The Morgan fingerprint density at radius 2 is 1.23 bits per heavy atom. The van der Waals surface area contributed by atoms with Crippen molar-refractivity contribution in [3.8, 4) is 6.07 Å². The first kappa shape index (κ1) is 78.5. The second-order valence-corrected chi connectivity index (χ2v) is 27.6. The number of esters is 2. The summed E-state index contributed by atoms with van der Waals surface area (Å²) in [6.45, 7) is 9.40. The highest BCUT2D eigenvalue weighted by Crippen LogP contribution is 2.49. The monoisotopic (exact) mass is 1310 g/mol. The number of thioether (sulfide) groups is 1. The number of thiocarbonyl (C=S) groups is 1. The number of azide groups is 1. The Morgan fingerprint density at radius 1 is 0.780 bits per heavy atom. The summed E-state index contributed by atoms with van der Waals surface area (Å²) < 4.78 is 68.6. The van der Waals surface area contributed by atoms with Crippen LogP contribution in [0.4, 0.5) is 12.6 Å². The SMILES string of the molecule is CC(CC(CC(C)(C#N)CCC(=O)OCCCN=[N+]=[N-])C(=O)N(C)C)C(=O)OP(F)P.CC(CC(CSC(=S)c1ccccc1)C(=O)N(C)C)C(=O)OP(F)P.CCC(CC(CC(C)C(=O)OP(F)P)C(=O)N(C)C)C(=O)OCC1CO1. The van der Waals surface area contributed by atoms with E-state index >= 15 is 0 Å². The summed E-state index contributed by atoms with van der Waals surface area (Å²) in [4.78, 5) is 104. The first-order valence-corrected chi connectivity index (χ1v) is 35.5. The lowest BCUT2D eigenvalue weighted by molar-refractivity contribution is -0.151. The fraction of sp³-hybridized carbons (Fsp3) is 0.680. The van der Waals surface area contributed by atoms with Gasteiger partial charge in [-0.1, -0.05) is 75.4 Å². The number of hydrogen-bond acceptors (Lipinski definition) is 18. The van der Waals surface area contributed by atoms with Crippen molar-refractivity contribution in [3.63, 3.8) is 0 Å². The molecule has 0 radical (unpaired) electrons. The Hall–Kier alpha value is -3.45. The van der Waals surface area contributed by atoms with Crippen molar-refractivity contribution in [3.05, 3.63) is 46.3 Å². The van der Waals surface area contributed by atoms with E-state index in [9.17, 15) is 56.2 Å². The van der Waals surface area contributed by atoms with Crippen LogP contribution in [0.1, 0.15) is 98.0 Å². The number of nitriles is 1. The molecular formula is C50H80F3N7O14P6S2. The summed E-state index contributed by atoms with van der Waals surface area (Å²) in [7, 11) is 7.99. The molecule has 82 heavy (non-hydrogen) atoms. The van der Waals surface area contributed by atoms with Gasteiger partial charge in [-0.05, 0) is 96.2 Å². The van der Waals surface area contributed by atoms with Crippen molar-refractivity contribution in [2.75, 3.05) is 74.4 Å². The van der Waals surface area contributed by atoms with E-state index in [0.29, 0.717) is 29.4 Å². The lowest BCUT2D eigenvalue weighted by Gasteiger charge is -2.29. The van der Waals surface area contributed by atoms with Crippen molar-refractivity contribution in [1.82, 2.24) is 14.7 Å². The van der Waals surface area contributed by atoms with Crippen LogP contribution in [0.15, 0.2) is 35.4 Å². The van der Waals surface area contributed by atoms with Crippen LogP contribution in [0.5, 0.6) is 0 Å². The summed E-state index contributed by atoms with van der Waals surface area (Å²) in [5.74, 6) is -7.07. The Kier molecular flexibility index (Phi) is 40.6. The number of rotatable bonds is 33. The predicted molar refractivity (Wildman–Crippen MR) is 326 cm³/mol. The average Bonchev–Trinajstić information content (AvgIpc) is 4.26. The van der Waals surface area contributed by atoms with Crippen LogP contribution in [0.3, 0.4) is 0 Å².